The predicted octanol–water partition coefficient (Wildman–Crippen LogP) is 2.15. The summed E-state index contributed by atoms with van der Waals surface area (Å²) in [4.78, 5) is 11.3. The van der Waals surface area contributed by atoms with E-state index in [1.165, 1.54) is 7.11 Å². The molecule has 13 heavy (non-hydrogen) atoms. The Kier molecular flexibility index (Phi) is 2.38. The van der Waals surface area contributed by atoms with E-state index in [4.69, 9.17) is 4.74 Å². The van der Waals surface area contributed by atoms with Gasteiger partial charge in [-0.2, -0.15) is 0 Å². The van der Waals surface area contributed by atoms with Gasteiger partial charge in [0.15, 0.2) is 0 Å². The van der Waals surface area contributed by atoms with E-state index in [9.17, 15) is 4.79 Å². The summed E-state index contributed by atoms with van der Waals surface area (Å²) in [5, 5.41) is 0. The number of hydrogen-bond donors (Lipinski definition) is 0. The molecule has 1 unspecified atom stereocenters. The van der Waals surface area contributed by atoms with Gasteiger partial charge >= 0.3 is 5.97 Å². The van der Waals surface area contributed by atoms with E-state index in [1.807, 2.05) is 0 Å². The molecule has 2 aliphatic carbocycles. The SMILES string of the molecule is COC(=O)C1C[C@H]2CC=CC[C@H]2C1. The van der Waals surface area contributed by atoms with E-state index in [0.29, 0.717) is 0 Å². The van der Waals surface area contributed by atoms with Crippen molar-refractivity contribution in [2.45, 2.75) is 25.7 Å². The third-order valence-electron chi connectivity index (χ3n) is 3.42. The van der Waals surface area contributed by atoms with Gasteiger partial charge in [0.05, 0.1) is 13.0 Å². The minimum absolute atomic E-state index is 0.00519. The minimum atomic E-state index is -0.00519. The van der Waals surface area contributed by atoms with E-state index >= 15 is 0 Å². The van der Waals surface area contributed by atoms with Crippen molar-refractivity contribution in [3.05, 3.63) is 12.2 Å². The molecular weight excluding hydrogens is 164 g/mol. The van der Waals surface area contributed by atoms with Crippen LogP contribution in [-0.4, -0.2) is 13.1 Å². The zero-order valence-electron chi connectivity index (χ0n) is 8.03. The maximum absolute atomic E-state index is 11.3. The van der Waals surface area contributed by atoms with Gasteiger partial charge in [-0.05, 0) is 37.5 Å². The van der Waals surface area contributed by atoms with Crippen molar-refractivity contribution in [3.63, 3.8) is 0 Å². The van der Waals surface area contributed by atoms with E-state index in [2.05, 4.69) is 12.2 Å². The van der Waals surface area contributed by atoms with Crippen LogP contribution >= 0.6 is 0 Å². The number of esters is 1. The third kappa shape index (κ3) is 1.62. The number of fused-ring (bicyclic) bond motifs is 1. The molecule has 0 heterocycles. The standard InChI is InChI=1S/C11H16O2/c1-13-11(12)10-6-8-4-2-3-5-9(8)7-10/h2-3,8-10H,4-7H2,1H3/t8-,9+,10?. The van der Waals surface area contributed by atoms with Crippen LogP contribution in [0, 0.1) is 17.8 Å². The Balaban J connectivity index is 1.98. The molecule has 72 valence electrons. The van der Waals surface area contributed by atoms with Gasteiger partial charge in [0.25, 0.3) is 0 Å². The number of methoxy groups -OCH3 is 1. The Bertz CT molecular complexity index is 216. The van der Waals surface area contributed by atoms with Gasteiger partial charge in [0, 0.05) is 0 Å². The van der Waals surface area contributed by atoms with Crippen LogP contribution in [0.15, 0.2) is 12.2 Å². The molecule has 1 saturated carbocycles. The van der Waals surface area contributed by atoms with Gasteiger partial charge in [0.2, 0.25) is 0 Å². The monoisotopic (exact) mass is 180 g/mol. The molecule has 0 bridgehead atoms. The highest BCUT2D eigenvalue weighted by Gasteiger charge is 2.37. The summed E-state index contributed by atoms with van der Waals surface area (Å²) in [5.41, 5.74) is 0. The lowest BCUT2D eigenvalue weighted by atomic mass is 9.86. The highest BCUT2D eigenvalue weighted by atomic mass is 16.5. The van der Waals surface area contributed by atoms with Crippen LogP contribution in [0.5, 0.6) is 0 Å². The first kappa shape index (κ1) is 8.79. The lowest BCUT2D eigenvalue weighted by Crippen LogP contribution is -2.12. The van der Waals surface area contributed by atoms with Crippen LogP contribution in [0.1, 0.15) is 25.7 Å². The van der Waals surface area contributed by atoms with Crippen molar-refractivity contribution < 1.29 is 9.53 Å². The normalized spacial score (nSPS) is 37.2. The second-order valence-corrected chi connectivity index (χ2v) is 4.15. The topological polar surface area (TPSA) is 26.3 Å². The van der Waals surface area contributed by atoms with Crippen molar-refractivity contribution in [2.24, 2.45) is 17.8 Å². The van der Waals surface area contributed by atoms with E-state index in [1.54, 1.807) is 0 Å². The van der Waals surface area contributed by atoms with Crippen LogP contribution in [0.25, 0.3) is 0 Å². The Morgan fingerprint density at radius 2 is 1.77 bits per heavy atom. The second-order valence-electron chi connectivity index (χ2n) is 4.15. The second kappa shape index (κ2) is 3.52. The fourth-order valence-electron chi connectivity index (χ4n) is 2.69. The molecule has 0 saturated heterocycles. The number of carbonyl (C=O) groups excluding carboxylic acids is 1. The number of allylic oxidation sites excluding steroid dienone is 2. The molecule has 0 aromatic carbocycles. The van der Waals surface area contributed by atoms with Crippen molar-refractivity contribution >= 4 is 5.97 Å². The molecule has 2 aliphatic rings. The van der Waals surface area contributed by atoms with Gasteiger partial charge in [-0.1, -0.05) is 12.2 Å². The predicted molar refractivity (Wildman–Crippen MR) is 50.1 cm³/mol. The average molecular weight is 180 g/mol. The molecule has 0 radical (unpaired) electrons. The molecule has 0 N–H and O–H groups in total. The Morgan fingerprint density at radius 3 is 2.23 bits per heavy atom. The summed E-state index contributed by atoms with van der Waals surface area (Å²) < 4.78 is 4.78. The van der Waals surface area contributed by atoms with Crippen molar-refractivity contribution in [3.8, 4) is 0 Å². The molecule has 1 fully saturated rings. The molecule has 0 aromatic rings. The number of ether oxygens (including phenoxy) is 1. The van der Waals surface area contributed by atoms with Gasteiger partial charge in [-0.25, -0.2) is 0 Å². The highest BCUT2D eigenvalue weighted by Crippen LogP contribution is 2.43. The Morgan fingerprint density at radius 1 is 1.23 bits per heavy atom. The van der Waals surface area contributed by atoms with Gasteiger partial charge in [0.1, 0.15) is 0 Å². The van der Waals surface area contributed by atoms with Crippen LogP contribution in [0.2, 0.25) is 0 Å². The molecular formula is C11H16O2. The first-order valence-corrected chi connectivity index (χ1v) is 5.04. The van der Waals surface area contributed by atoms with Crippen LogP contribution in [0.4, 0.5) is 0 Å². The summed E-state index contributed by atoms with van der Waals surface area (Å²) in [6.07, 6.45) is 8.92. The lowest BCUT2D eigenvalue weighted by molar-refractivity contribution is -0.145. The third-order valence-corrected chi connectivity index (χ3v) is 3.42. The molecule has 2 nitrogen and oxygen atoms in total. The van der Waals surface area contributed by atoms with Gasteiger partial charge < -0.3 is 4.74 Å². The Labute approximate surface area is 79.0 Å². The Hall–Kier alpha value is -0.790. The molecule has 2 rings (SSSR count). The summed E-state index contributed by atoms with van der Waals surface area (Å²) in [7, 11) is 1.49. The number of carbonyl (C=O) groups is 1. The smallest absolute Gasteiger partial charge is 0.308 e. The summed E-state index contributed by atoms with van der Waals surface area (Å²) in [5.74, 6) is 1.66. The maximum atomic E-state index is 11.3. The molecule has 2 heteroatoms. The quantitative estimate of drug-likeness (QED) is 0.456. The molecule has 0 spiro atoms. The zero-order chi connectivity index (χ0) is 9.26. The van der Waals surface area contributed by atoms with Crippen LogP contribution in [-0.2, 0) is 9.53 Å². The summed E-state index contributed by atoms with van der Waals surface area (Å²) >= 11 is 0. The largest absolute Gasteiger partial charge is 0.469 e. The van der Waals surface area contributed by atoms with Crippen LogP contribution < -0.4 is 0 Å². The van der Waals surface area contributed by atoms with E-state index in [0.717, 1.165) is 37.5 Å². The first-order chi connectivity index (χ1) is 6.31. The van der Waals surface area contributed by atoms with Gasteiger partial charge in [-0.15, -0.1) is 0 Å². The molecule has 0 aromatic heterocycles. The first-order valence-electron chi connectivity index (χ1n) is 5.04. The van der Waals surface area contributed by atoms with Crippen LogP contribution in [0.3, 0.4) is 0 Å². The van der Waals surface area contributed by atoms with Gasteiger partial charge in [-0.3, -0.25) is 4.79 Å². The van der Waals surface area contributed by atoms with Crippen molar-refractivity contribution in [1.82, 2.24) is 0 Å². The zero-order valence-corrected chi connectivity index (χ0v) is 8.03. The van der Waals surface area contributed by atoms with Crippen molar-refractivity contribution in [2.75, 3.05) is 7.11 Å². The maximum Gasteiger partial charge on any atom is 0.308 e. The fourth-order valence-corrected chi connectivity index (χ4v) is 2.69. The van der Waals surface area contributed by atoms with Crippen molar-refractivity contribution in [1.29, 1.82) is 0 Å². The molecule has 0 amide bonds. The minimum Gasteiger partial charge on any atom is -0.469 e. The average Bonchev–Trinajstić information content (AvgIpc) is 2.59. The number of rotatable bonds is 1. The summed E-state index contributed by atoms with van der Waals surface area (Å²) in [6.45, 7) is 0. The number of hydrogen-bond acceptors (Lipinski definition) is 2. The van der Waals surface area contributed by atoms with E-state index in [-0.39, 0.29) is 11.9 Å². The van der Waals surface area contributed by atoms with E-state index < -0.39 is 0 Å². The lowest BCUT2D eigenvalue weighted by Gasteiger charge is -2.19. The molecule has 0 aliphatic heterocycles. The highest BCUT2D eigenvalue weighted by molar-refractivity contribution is 5.72. The summed E-state index contributed by atoms with van der Waals surface area (Å²) in [6, 6.07) is 0. The molecule has 3 atom stereocenters. The fraction of sp³-hybridized carbons (Fsp3) is 0.727.